The fourth-order valence-corrected chi connectivity index (χ4v) is 2.72. The topological polar surface area (TPSA) is 52.3 Å². The van der Waals surface area contributed by atoms with Crippen LogP contribution in [0.3, 0.4) is 0 Å². The van der Waals surface area contributed by atoms with Gasteiger partial charge >= 0.3 is 5.97 Å². The molecule has 2 N–H and O–H groups in total. The normalized spacial score (nSPS) is 12.2. The molecule has 5 heteroatoms. The lowest BCUT2D eigenvalue weighted by atomic mass is 10.2. The lowest BCUT2D eigenvalue weighted by Crippen LogP contribution is -2.33. The molecule has 1 aromatic rings. The van der Waals surface area contributed by atoms with Crippen LogP contribution < -0.4 is 5.73 Å². The second-order valence-electron chi connectivity index (χ2n) is 3.24. The summed E-state index contributed by atoms with van der Waals surface area (Å²) >= 11 is 5.09. The van der Waals surface area contributed by atoms with Crippen molar-refractivity contribution in [3.8, 4) is 0 Å². The molecular weight excluding hydrogens is 290 g/mol. The Morgan fingerprint density at radius 1 is 1.56 bits per heavy atom. The maximum Gasteiger partial charge on any atom is 0.323 e. The van der Waals surface area contributed by atoms with Gasteiger partial charge in [0.15, 0.2) is 0 Å². The largest absolute Gasteiger partial charge is 0.468 e. The van der Waals surface area contributed by atoms with Crippen molar-refractivity contribution in [1.29, 1.82) is 0 Å². The van der Waals surface area contributed by atoms with Crippen LogP contribution in [-0.4, -0.2) is 24.9 Å². The Morgan fingerprint density at radius 3 is 2.88 bits per heavy atom. The number of hydrogen-bond donors (Lipinski definition) is 1. The van der Waals surface area contributed by atoms with E-state index >= 15 is 0 Å². The van der Waals surface area contributed by atoms with Gasteiger partial charge in [-0.15, -0.1) is 0 Å². The van der Waals surface area contributed by atoms with E-state index in [1.807, 2.05) is 24.3 Å². The summed E-state index contributed by atoms with van der Waals surface area (Å²) in [7, 11) is 1.35. The highest BCUT2D eigenvalue weighted by Crippen LogP contribution is 2.21. The Hall–Kier alpha value is -0.520. The minimum Gasteiger partial charge on any atom is -0.468 e. The van der Waals surface area contributed by atoms with Gasteiger partial charge < -0.3 is 10.5 Å². The molecule has 0 aliphatic rings. The first-order chi connectivity index (χ1) is 7.65. The predicted octanol–water partition coefficient (Wildman–Crippen LogP) is 2.18. The number of benzene rings is 1. The summed E-state index contributed by atoms with van der Waals surface area (Å²) in [5.41, 5.74) is 6.82. The van der Waals surface area contributed by atoms with Crippen LogP contribution in [0, 0.1) is 0 Å². The van der Waals surface area contributed by atoms with Crippen LogP contribution in [-0.2, 0) is 15.3 Å². The van der Waals surface area contributed by atoms with Crippen LogP contribution in [0.25, 0.3) is 0 Å². The number of nitrogens with two attached hydrogens (primary N) is 1. The van der Waals surface area contributed by atoms with Crippen LogP contribution in [0.2, 0.25) is 0 Å². The number of methoxy groups -OCH3 is 1. The molecule has 1 aromatic carbocycles. The van der Waals surface area contributed by atoms with E-state index in [0.717, 1.165) is 10.2 Å². The number of carbonyl (C=O) groups is 1. The minimum atomic E-state index is -0.544. The van der Waals surface area contributed by atoms with Crippen molar-refractivity contribution in [2.24, 2.45) is 5.73 Å². The number of halogens is 1. The van der Waals surface area contributed by atoms with Gasteiger partial charge in [0.05, 0.1) is 7.11 Å². The molecule has 0 aliphatic carbocycles. The SMILES string of the molecule is COC(=O)C(N)CSCc1ccccc1Br. The van der Waals surface area contributed by atoms with Crippen molar-refractivity contribution >= 4 is 33.7 Å². The number of esters is 1. The zero-order valence-corrected chi connectivity index (χ0v) is 11.4. The van der Waals surface area contributed by atoms with E-state index < -0.39 is 6.04 Å². The van der Waals surface area contributed by atoms with Gasteiger partial charge in [-0.25, -0.2) is 0 Å². The molecule has 1 rings (SSSR count). The monoisotopic (exact) mass is 303 g/mol. The molecule has 3 nitrogen and oxygen atoms in total. The Balaban J connectivity index is 2.36. The molecule has 0 heterocycles. The Bertz CT molecular complexity index is 360. The first-order valence-corrected chi connectivity index (χ1v) is 6.74. The maximum absolute atomic E-state index is 11.1. The molecule has 1 unspecified atom stereocenters. The standard InChI is InChI=1S/C11H14BrNO2S/c1-15-11(14)10(13)7-16-6-8-4-2-3-5-9(8)12/h2-5,10H,6-7,13H2,1H3. The summed E-state index contributed by atoms with van der Waals surface area (Å²) in [5.74, 6) is 1.03. The summed E-state index contributed by atoms with van der Waals surface area (Å²) in [6, 6.07) is 7.45. The second kappa shape index (κ2) is 6.93. The third-order valence-corrected chi connectivity index (χ3v) is 3.90. The summed E-state index contributed by atoms with van der Waals surface area (Å²) in [6.45, 7) is 0. The second-order valence-corrected chi connectivity index (χ2v) is 5.12. The third-order valence-electron chi connectivity index (χ3n) is 2.02. The van der Waals surface area contributed by atoms with Gasteiger partial charge in [0.1, 0.15) is 6.04 Å². The number of hydrogen-bond acceptors (Lipinski definition) is 4. The van der Waals surface area contributed by atoms with Crippen LogP contribution in [0.15, 0.2) is 28.7 Å². The summed E-state index contributed by atoms with van der Waals surface area (Å²) in [4.78, 5) is 11.1. The van der Waals surface area contributed by atoms with Gasteiger partial charge in [0.2, 0.25) is 0 Å². The molecule has 0 aliphatic heterocycles. The van der Waals surface area contributed by atoms with Gasteiger partial charge in [-0.3, -0.25) is 4.79 Å². The van der Waals surface area contributed by atoms with E-state index in [4.69, 9.17) is 5.73 Å². The molecule has 0 saturated heterocycles. The highest BCUT2D eigenvalue weighted by atomic mass is 79.9. The first-order valence-electron chi connectivity index (χ1n) is 4.79. The van der Waals surface area contributed by atoms with E-state index in [9.17, 15) is 4.79 Å². The Kier molecular flexibility index (Phi) is 5.87. The van der Waals surface area contributed by atoms with E-state index in [2.05, 4.69) is 20.7 Å². The van der Waals surface area contributed by atoms with E-state index in [1.54, 1.807) is 11.8 Å². The van der Waals surface area contributed by atoms with Crippen LogP contribution in [0.1, 0.15) is 5.56 Å². The molecule has 0 aromatic heterocycles. The molecule has 0 spiro atoms. The average Bonchev–Trinajstić information content (AvgIpc) is 2.30. The number of rotatable bonds is 5. The zero-order chi connectivity index (χ0) is 12.0. The molecule has 16 heavy (non-hydrogen) atoms. The van der Waals surface area contributed by atoms with Crippen molar-refractivity contribution in [3.05, 3.63) is 34.3 Å². The fourth-order valence-electron chi connectivity index (χ4n) is 1.13. The summed E-state index contributed by atoms with van der Waals surface area (Å²) in [5, 5.41) is 0. The van der Waals surface area contributed by atoms with Gasteiger partial charge in [-0.05, 0) is 11.6 Å². The molecule has 1 atom stereocenters. The van der Waals surface area contributed by atoms with Gasteiger partial charge in [0.25, 0.3) is 0 Å². The van der Waals surface area contributed by atoms with Crippen LogP contribution in [0.5, 0.6) is 0 Å². The lowest BCUT2D eigenvalue weighted by molar-refractivity contribution is -0.141. The molecule has 0 fully saturated rings. The summed E-state index contributed by atoms with van der Waals surface area (Å²) < 4.78 is 5.63. The van der Waals surface area contributed by atoms with Crippen molar-refractivity contribution in [3.63, 3.8) is 0 Å². The van der Waals surface area contributed by atoms with Gasteiger partial charge in [-0.2, -0.15) is 11.8 Å². The molecule has 0 radical (unpaired) electrons. The summed E-state index contributed by atoms with van der Waals surface area (Å²) in [6.07, 6.45) is 0. The van der Waals surface area contributed by atoms with E-state index in [1.165, 1.54) is 12.7 Å². The van der Waals surface area contributed by atoms with Crippen LogP contribution >= 0.6 is 27.7 Å². The zero-order valence-electron chi connectivity index (χ0n) is 8.98. The maximum atomic E-state index is 11.1. The number of carbonyl (C=O) groups excluding carboxylic acids is 1. The van der Waals surface area contributed by atoms with Crippen LogP contribution in [0.4, 0.5) is 0 Å². The fraction of sp³-hybridized carbons (Fsp3) is 0.364. The average molecular weight is 304 g/mol. The molecule has 88 valence electrons. The molecule has 0 bridgehead atoms. The van der Waals surface area contributed by atoms with Crippen molar-refractivity contribution in [2.45, 2.75) is 11.8 Å². The van der Waals surface area contributed by atoms with Crippen molar-refractivity contribution in [1.82, 2.24) is 0 Å². The quantitative estimate of drug-likeness (QED) is 0.847. The third kappa shape index (κ3) is 4.15. The van der Waals surface area contributed by atoms with E-state index in [-0.39, 0.29) is 5.97 Å². The number of ether oxygens (including phenoxy) is 1. The Morgan fingerprint density at radius 2 is 2.25 bits per heavy atom. The molecular formula is C11H14BrNO2S. The van der Waals surface area contributed by atoms with Crippen molar-refractivity contribution in [2.75, 3.05) is 12.9 Å². The highest BCUT2D eigenvalue weighted by molar-refractivity contribution is 9.10. The number of thioether (sulfide) groups is 1. The molecule has 0 saturated carbocycles. The molecule has 0 amide bonds. The predicted molar refractivity (Wildman–Crippen MR) is 70.3 cm³/mol. The van der Waals surface area contributed by atoms with E-state index in [0.29, 0.717) is 5.75 Å². The minimum absolute atomic E-state index is 0.361. The smallest absolute Gasteiger partial charge is 0.323 e. The highest BCUT2D eigenvalue weighted by Gasteiger charge is 2.13. The lowest BCUT2D eigenvalue weighted by Gasteiger charge is -2.09. The van der Waals surface area contributed by atoms with Gasteiger partial charge in [-0.1, -0.05) is 34.1 Å². The van der Waals surface area contributed by atoms with Crippen molar-refractivity contribution < 1.29 is 9.53 Å². The van der Waals surface area contributed by atoms with Gasteiger partial charge in [0, 0.05) is 16.0 Å². The Labute approximate surface area is 108 Å². The first kappa shape index (κ1) is 13.5.